The maximum absolute atomic E-state index is 5.28. The van der Waals surface area contributed by atoms with Crippen molar-refractivity contribution in [1.82, 2.24) is 20.6 Å². The van der Waals surface area contributed by atoms with E-state index >= 15 is 0 Å². The molecule has 0 aliphatic heterocycles. The second-order valence-electron chi connectivity index (χ2n) is 3.85. The predicted octanol–water partition coefficient (Wildman–Crippen LogP) is 2.00. The van der Waals surface area contributed by atoms with Gasteiger partial charge in [-0.05, 0) is 28.8 Å². The number of nitrogens with zero attached hydrogens (tertiary/aromatic N) is 3. The van der Waals surface area contributed by atoms with Gasteiger partial charge in [-0.2, -0.15) is 5.21 Å². The van der Waals surface area contributed by atoms with Gasteiger partial charge in [-0.3, -0.25) is 0 Å². The Labute approximate surface area is 93.8 Å². The molecule has 1 aromatic heterocycles. The van der Waals surface area contributed by atoms with Gasteiger partial charge in [0.15, 0.2) is 0 Å². The number of hydrogen-bond donors (Lipinski definition) is 1. The number of benzene rings is 1. The van der Waals surface area contributed by atoms with Crippen LogP contribution in [-0.4, -0.2) is 27.7 Å². The molecule has 1 N–H and O–H groups in total. The van der Waals surface area contributed by atoms with Gasteiger partial charge < -0.3 is 4.74 Å². The highest BCUT2D eigenvalue weighted by atomic mass is 16.5. The van der Waals surface area contributed by atoms with Gasteiger partial charge in [0.25, 0.3) is 0 Å². The third kappa shape index (κ3) is 1.88. The van der Waals surface area contributed by atoms with Crippen LogP contribution in [-0.2, 0) is 0 Å². The number of aromatic nitrogens is 4. The average Bonchev–Trinajstić information content (AvgIpc) is 2.81. The Morgan fingerprint density at radius 1 is 1.31 bits per heavy atom. The van der Waals surface area contributed by atoms with Crippen LogP contribution in [0, 0.1) is 0 Å². The molecule has 0 saturated heterocycles. The summed E-state index contributed by atoms with van der Waals surface area (Å²) in [5.41, 5.74) is 2.09. The number of aromatic amines is 1. The molecule has 16 heavy (non-hydrogen) atoms. The second-order valence-corrected chi connectivity index (χ2v) is 3.85. The molecule has 2 aromatic rings. The van der Waals surface area contributed by atoms with Crippen LogP contribution < -0.4 is 4.74 Å². The Balaban J connectivity index is 2.52. The van der Waals surface area contributed by atoms with Gasteiger partial charge >= 0.3 is 0 Å². The molecule has 5 heteroatoms. The quantitative estimate of drug-likeness (QED) is 0.855. The molecule has 0 amide bonds. The molecule has 0 radical (unpaired) electrons. The lowest BCUT2D eigenvalue weighted by molar-refractivity contribution is 0.416. The molecule has 0 spiro atoms. The summed E-state index contributed by atoms with van der Waals surface area (Å²) < 4.78 is 5.28. The molecular formula is C11H14N4O. The fourth-order valence-corrected chi connectivity index (χ4v) is 1.54. The number of ether oxygens (including phenoxy) is 1. The van der Waals surface area contributed by atoms with Crippen molar-refractivity contribution in [2.45, 2.75) is 19.8 Å². The summed E-state index contributed by atoms with van der Waals surface area (Å²) in [5.74, 6) is 1.77. The minimum atomic E-state index is 0.455. The van der Waals surface area contributed by atoms with Crippen LogP contribution in [0.5, 0.6) is 5.75 Å². The minimum Gasteiger partial charge on any atom is -0.496 e. The van der Waals surface area contributed by atoms with Crippen LogP contribution in [0.4, 0.5) is 0 Å². The van der Waals surface area contributed by atoms with Crippen molar-refractivity contribution >= 4 is 0 Å². The van der Waals surface area contributed by atoms with Crippen LogP contribution in [0.3, 0.4) is 0 Å². The van der Waals surface area contributed by atoms with Crippen molar-refractivity contribution in [3.05, 3.63) is 23.8 Å². The largest absolute Gasteiger partial charge is 0.496 e. The SMILES string of the molecule is COc1ccc(C(C)C)cc1-c1nn[nH]n1. The first-order valence-electron chi connectivity index (χ1n) is 5.14. The number of tetrazole rings is 1. The van der Waals surface area contributed by atoms with E-state index in [2.05, 4.69) is 34.5 Å². The Morgan fingerprint density at radius 3 is 2.69 bits per heavy atom. The van der Waals surface area contributed by atoms with Crippen LogP contribution >= 0.6 is 0 Å². The van der Waals surface area contributed by atoms with Crippen molar-refractivity contribution in [1.29, 1.82) is 0 Å². The van der Waals surface area contributed by atoms with Crippen LogP contribution in [0.2, 0.25) is 0 Å². The summed E-state index contributed by atoms with van der Waals surface area (Å²) >= 11 is 0. The van der Waals surface area contributed by atoms with Gasteiger partial charge in [0.1, 0.15) is 5.75 Å². The lowest BCUT2D eigenvalue weighted by Gasteiger charge is -2.10. The zero-order chi connectivity index (χ0) is 11.5. The summed E-state index contributed by atoms with van der Waals surface area (Å²) in [5, 5.41) is 13.9. The van der Waals surface area contributed by atoms with E-state index in [0.717, 1.165) is 11.3 Å². The Morgan fingerprint density at radius 2 is 2.12 bits per heavy atom. The fourth-order valence-electron chi connectivity index (χ4n) is 1.54. The van der Waals surface area contributed by atoms with E-state index < -0.39 is 0 Å². The summed E-state index contributed by atoms with van der Waals surface area (Å²) in [6.07, 6.45) is 0. The third-order valence-electron chi connectivity index (χ3n) is 2.48. The van der Waals surface area contributed by atoms with E-state index in [-0.39, 0.29) is 0 Å². The van der Waals surface area contributed by atoms with E-state index in [0.29, 0.717) is 11.7 Å². The van der Waals surface area contributed by atoms with E-state index in [1.165, 1.54) is 5.56 Å². The molecule has 0 bridgehead atoms. The van der Waals surface area contributed by atoms with Gasteiger partial charge in [0.05, 0.1) is 12.7 Å². The molecule has 1 aromatic carbocycles. The Bertz CT molecular complexity index is 465. The first kappa shape index (κ1) is 10.6. The fraction of sp³-hybridized carbons (Fsp3) is 0.364. The predicted molar refractivity (Wildman–Crippen MR) is 60.3 cm³/mol. The molecule has 0 aliphatic carbocycles. The maximum Gasteiger partial charge on any atom is 0.208 e. The number of methoxy groups -OCH3 is 1. The van der Waals surface area contributed by atoms with Gasteiger partial charge in [-0.25, -0.2) is 0 Å². The van der Waals surface area contributed by atoms with Crippen molar-refractivity contribution in [3.63, 3.8) is 0 Å². The van der Waals surface area contributed by atoms with Crippen molar-refractivity contribution in [2.75, 3.05) is 7.11 Å². The molecule has 0 atom stereocenters. The smallest absolute Gasteiger partial charge is 0.208 e. The summed E-state index contributed by atoms with van der Waals surface area (Å²) in [4.78, 5) is 0. The first-order chi connectivity index (χ1) is 7.72. The lowest BCUT2D eigenvalue weighted by atomic mass is 10.00. The third-order valence-corrected chi connectivity index (χ3v) is 2.48. The highest BCUT2D eigenvalue weighted by Crippen LogP contribution is 2.30. The topological polar surface area (TPSA) is 63.7 Å². The van der Waals surface area contributed by atoms with Crippen LogP contribution in [0.1, 0.15) is 25.3 Å². The molecular weight excluding hydrogens is 204 g/mol. The molecule has 5 nitrogen and oxygen atoms in total. The van der Waals surface area contributed by atoms with Crippen molar-refractivity contribution in [3.8, 4) is 17.1 Å². The zero-order valence-corrected chi connectivity index (χ0v) is 9.56. The molecule has 0 saturated carbocycles. The highest BCUT2D eigenvalue weighted by molar-refractivity contribution is 5.64. The average molecular weight is 218 g/mol. The number of nitrogens with one attached hydrogen (secondary N) is 1. The van der Waals surface area contributed by atoms with Crippen LogP contribution in [0.25, 0.3) is 11.4 Å². The normalized spacial score (nSPS) is 10.8. The Kier molecular flexibility index (Phi) is 2.85. The van der Waals surface area contributed by atoms with E-state index in [1.54, 1.807) is 7.11 Å². The molecule has 0 unspecified atom stereocenters. The zero-order valence-electron chi connectivity index (χ0n) is 9.56. The van der Waals surface area contributed by atoms with Gasteiger partial charge in [-0.1, -0.05) is 19.9 Å². The maximum atomic E-state index is 5.28. The molecule has 2 rings (SSSR count). The Hall–Kier alpha value is -1.91. The van der Waals surface area contributed by atoms with Crippen molar-refractivity contribution < 1.29 is 4.74 Å². The monoisotopic (exact) mass is 218 g/mol. The molecule has 1 heterocycles. The number of rotatable bonds is 3. The first-order valence-corrected chi connectivity index (χ1v) is 5.14. The molecule has 0 aliphatic rings. The minimum absolute atomic E-state index is 0.455. The lowest BCUT2D eigenvalue weighted by Crippen LogP contribution is -1.93. The number of H-pyrrole nitrogens is 1. The van der Waals surface area contributed by atoms with E-state index in [9.17, 15) is 0 Å². The van der Waals surface area contributed by atoms with Crippen LogP contribution in [0.15, 0.2) is 18.2 Å². The van der Waals surface area contributed by atoms with Gasteiger partial charge in [0, 0.05) is 0 Å². The van der Waals surface area contributed by atoms with Gasteiger partial charge in [-0.15, -0.1) is 10.2 Å². The van der Waals surface area contributed by atoms with E-state index in [4.69, 9.17) is 4.74 Å². The summed E-state index contributed by atoms with van der Waals surface area (Å²) in [7, 11) is 1.63. The number of hydrogen-bond acceptors (Lipinski definition) is 4. The molecule has 0 fully saturated rings. The molecule has 84 valence electrons. The standard InChI is InChI=1S/C11H14N4O/c1-7(2)8-4-5-10(16-3)9(6-8)11-12-14-15-13-11/h4-7H,1-3H3,(H,12,13,14,15). The summed E-state index contributed by atoms with van der Waals surface area (Å²) in [6, 6.07) is 6.02. The highest BCUT2D eigenvalue weighted by Gasteiger charge is 2.12. The second kappa shape index (κ2) is 4.30. The van der Waals surface area contributed by atoms with Crippen molar-refractivity contribution in [2.24, 2.45) is 0 Å². The van der Waals surface area contributed by atoms with Gasteiger partial charge in [0.2, 0.25) is 5.82 Å². The van der Waals surface area contributed by atoms with E-state index in [1.807, 2.05) is 18.2 Å². The summed E-state index contributed by atoms with van der Waals surface area (Å²) in [6.45, 7) is 4.28.